The second-order valence-corrected chi connectivity index (χ2v) is 7.35. The van der Waals surface area contributed by atoms with Crippen molar-refractivity contribution >= 4 is 11.9 Å². The number of fused-ring (bicyclic) bond motifs is 3. The first-order valence-corrected chi connectivity index (χ1v) is 8.36. The van der Waals surface area contributed by atoms with Gasteiger partial charge in [-0.15, -0.1) is 0 Å². The number of rotatable bonds is 2. The molecule has 2 fully saturated rings. The van der Waals surface area contributed by atoms with E-state index < -0.39 is 0 Å². The Morgan fingerprint density at radius 1 is 1.15 bits per heavy atom. The number of methoxy groups -OCH3 is 1. The lowest BCUT2D eigenvalue weighted by Crippen LogP contribution is -2.46. The quantitative estimate of drug-likeness (QED) is 0.777. The highest BCUT2D eigenvalue weighted by molar-refractivity contribution is 7.97. The molecule has 3 nitrogen and oxygen atoms in total. The van der Waals surface area contributed by atoms with Crippen LogP contribution in [-0.4, -0.2) is 41.5 Å². The first kappa shape index (κ1) is 13.0. The van der Waals surface area contributed by atoms with Crippen LogP contribution in [0.1, 0.15) is 31.2 Å². The van der Waals surface area contributed by atoms with Crippen LogP contribution in [0.15, 0.2) is 23.1 Å². The van der Waals surface area contributed by atoms with Crippen LogP contribution in [0.2, 0.25) is 0 Å². The highest BCUT2D eigenvalue weighted by Gasteiger charge is 2.42. The molecule has 0 amide bonds. The predicted octanol–water partition coefficient (Wildman–Crippen LogP) is 3.14. The fourth-order valence-electron chi connectivity index (χ4n) is 4.09. The van der Waals surface area contributed by atoms with Crippen LogP contribution < -0.4 is 4.74 Å². The van der Waals surface area contributed by atoms with Gasteiger partial charge >= 0.3 is 0 Å². The van der Waals surface area contributed by atoms with Crippen molar-refractivity contribution < 1.29 is 4.74 Å². The summed E-state index contributed by atoms with van der Waals surface area (Å²) in [6, 6.07) is 8.78. The fraction of sp³-hybridized carbons (Fsp3) is 0.625. The van der Waals surface area contributed by atoms with Gasteiger partial charge in [-0.25, -0.2) is 4.31 Å². The third kappa shape index (κ3) is 1.97. The first-order valence-electron chi connectivity index (χ1n) is 7.58. The second kappa shape index (κ2) is 4.93. The minimum Gasteiger partial charge on any atom is -0.496 e. The Bertz CT molecular complexity index is 507. The molecule has 2 atom stereocenters. The summed E-state index contributed by atoms with van der Waals surface area (Å²) >= 11 is 1.92. The number of piperidine rings is 1. The van der Waals surface area contributed by atoms with Crippen molar-refractivity contribution in [2.24, 2.45) is 0 Å². The third-order valence-corrected chi connectivity index (χ3v) is 6.60. The van der Waals surface area contributed by atoms with Crippen LogP contribution in [0, 0.1) is 0 Å². The Morgan fingerprint density at radius 3 is 2.60 bits per heavy atom. The van der Waals surface area contributed by atoms with Crippen LogP contribution in [0.25, 0.3) is 0 Å². The molecule has 3 heterocycles. The molecule has 0 N–H and O–H groups in total. The Morgan fingerprint density at radius 2 is 1.90 bits per heavy atom. The number of benzene rings is 1. The van der Waals surface area contributed by atoms with Crippen molar-refractivity contribution in [2.45, 2.75) is 55.2 Å². The van der Waals surface area contributed by atoms with Crippen molar-refractivity contribution in [1.29, 1.82) is 0 Å². The van der Waals surface area contributed by atoms with E-state index in [0.29, 0.717) is 0 Å². The Labute approximate surface area is 125 Å². The van der Waals surface area contributed by atoms with Gasteiger partial charge in [0.2, 0.25) is 0 Å². The van der Waals surface area contributed by atoms with E-state index in [-0.39, 0.29) is 0 Å². The molecule has 0 spiro atoms. The van der Waals surface area contributed by atoms with Gasteiger partial charge < -0.3 is 9.64 Å². The Kier molecular flexibility index (Phi) is 3.20. The van der Waals surface area contributed by atoms with Crippen LogP contribution in [-0.2, 0) is 6.54 Å². The molecule has 4 heteroatoms. The SMILES string of the molecule is COc1cccc2c1SN(C1CC3CCC(C1)N3C)C2. The number of ether oxygens (including phenoxy) is 1. The second-order valence-electron chi connectivity index (χ2n) is 6.29. The molecule has 2 unspecified atom stereocenters. The maximum Gasteiger partial charge on any atom is 0.134 e. The van der Waals surface area contributed by atoms with Gasteiger partial charge in [-0.2, -0.15) is 0 Å². The average Bonchev–Trinajstić information content (AvgIpc) is 2.96. The molecule has 20 heavy (non-hydrogen) atoms. The summed E-state index contributed by atoms with van der Waals surface area (Å²) in [5, 5.41) is 0. The van der Waals surface area contributed by atoms with Gasteiger partial charge in [0.1, 0.15) is 5.75 Å². The van der Waals surface area contributed by atoms with Gasteiger partial charge in [-0.3, -0.25) is 0 Å². The molecule has 3 aliphatic rings. The Balaban J connectivity index is 1.53. The van der Waals surface area contributed by atoms with Crippen LogP contribution in [0.3, 0.4) is 0 Å². The lowest BCUT2D eigenvalue weighted by molar-refractivity contribution is 0.120. The van der Waals surface area contributed by atoms with Crippen molar-refractivity contribution in [1.82, 2.24) is 9.21 Å². The zero-order chi connectivity index (χ0) is 13.7. The standard InChI is InChI=1S/C16H22N2OS/c1-17-12-6-7-13(17)9-14(8-12)18-10-11-4-3-5-15(19-2)16(11)20-18/h3-5,12-14H,6-10H2,1-2H3. The summed E-state index contributed by atoms with van der Waals surface area (Å²) in [5.41, 5.74) is 1.43. The molecule has 0 saturated carbocycles. The lowest BCUT2D eigenvalue weighted by atomic mass is 9.98. The summed E-state index contributed by atoms with van der Waals surface area (Å²) < 4.78 is 8.11. The van der Waals surface area contributed by atoms with E-state index in [1.54, 1.807) is 7.11 Å². The predicted molar refractivity (Wildman–Crippen MR) is 82.0 cm³/mol. The zero-order valence-electron chi connectivity index (χ0n) is 12.2. The zero-order valence-corrected chi connectivity index (χ0v) is 13.0. The third-order valence-electron chi connectivity index (χ3n) is 5.30. The van der Waals surface area contributed by atoms with E-state index in [9.17, 15) is 0 Å². The van der Waals surface area contributed by atoms with E-state index in [1.807, 2.05) is 11.9 Å². The molecule has 4 rings (SSSR count). The molecule has 0 aromatic heterocycles. The molecule has 3 aliphatic heterocycles. The maximum atomic E-state index is 5.51. The monoisotopic (exact) mass is 290 g/mol. The molecule has 1 aromatic carbocycles. The van der Waals surface area contributed by atoms with Crippen molar-refractivity contribution in [3.05, 3.63) is 23.8 Å². The van der Waals surface area contributed by atoms with Gasteiger partial charge in [-0.05, 0) is 56.3 Å². The van der Waals surface area contributed by atoms with Crippen molar-refractivity contribution in [3.63, 3.8) is 0 Å². The van der Waals surface area contributed by atoms with Gasteiger partial charge in [0, 0.05) is 24.7 Å². The number of nitrogens with zero attached hydrogens (tertiary/aromatic N) is 2. The maximum absolute atomic E-state index is 5.51. The van der Waals surface area contributed by atoms with Gasteiger partial charge in [0.15, 0.2) is 0 Å². The normalized spacial score (nSPS) is 33.4. The number of hydrogen-bond donors (Lipinski definition) is 0. The van der Waals surface area contributed by atoms with Crippen molar-refractivity contribution in [2.75, 3.05) is 14.2 Å². The van der Waals surface area contributed by atoms with Crippen LogP contribution in [0.4, 0.5) is 0 Å². The first-order chi connectivity index (χ1) is 9.76. The summed E-state index contributed by atoms with van der Waals surface area (Å²) in [7, 11) is 4.09. The van der Waals surface area contributed by atoms with E-state index in [2.05, 4.69) is 34.5 Å². The van der Waals surface area contributed by atoms with E-state index in [4.69, 9.17) is 4.74 Å². The molecular formula is C16H22N2OS. The summed E-state index contributed by atoms with van der Waals surface area (Å²) in [6.45, 7) is 1.07. The average molecular weight is 290 g/mol. The minimum atomic E-state index is 0.728. The molecule has 2 saturated heterocycles. The van der Waals surface area contributed by atoms with Gasteiger partial charge in [-0.1, -0.05) is 12.1 Å². The topological polar surface area (TPSA) is 15.7 Å². The van der Waals surface area contributed by atoms with E-state index in [0.717, 1.165) is 30.4 Å². The summed E-state index contributed by atoms with van der Waals surface area (Å²) in [6.07, 6.45) is 5.45. The fourth-order valence-corrected chi connectivity index (χ4v) is 5.34. The van der Waals surface area contributed by atoms with Gasteiger partial charge in [0.25, 0.3) is 0 Å². The largest absolute Gasteiger partial charge is 0.496 e. The van der Waals surface area contributed by atoms with Gasteiger partial charge in [0.05, 0.1) is 12.0 Å². The molecule has 0 aliphatic carbocycles. The molecule has 108 valence electrons. The molecule has 1 aromatic rings. The minimum absolute atomic E-state index is 0.728. The highest BCUT2D eigenvalue weighted by Crippen LogP contribution is 2.47. The Hall–Kier alpha value is -0.710. The van der Waals surface area contributed by atoms with Crippen LogP contribution >= 0.6 is 11.9 Å². The van der Waals surface area contributed by atoms with Crippen LogP contribution in [0.5, 0.6) is 5.75 Å². The molecular weight excluding hydrogens is 268 g/mol. The lowest BCUT2D eigenvalue weighted by Gasteiger charge is -2.39. The smallest absolute Gasteiger partial charge is 0.134 e. The van der Waals surface area contributed by atoms with E-state index in [1.165, 1.54) is 36.1 Å². The molecule has 0 radical (unpaired) electrons. The van der Waals surface area contributed by atoms with Crippen molar-refractivity contribution in [3.8, 4) is 5.75 Å². The summed E-state index contributed by atoms with van der Waals surface area (Å²) in [4.78, 5) is 3.95. The molecule has 2 bridgehead atoms. The highest BCUT2D eigenvalue weighted by atomic mass is 32.2. The summed E-state index contributed by atoms with van der Waals surface area (Å²) in [5.74, 6) is 1.03. The van der Waals surface area contributed by atoms with E-state index >= 15 is 0 Å². The number of hydrogen-bond acceptors (Lipinski definition) is 4.